The minimum absolute atomic E-state index is 0.633. The molecule has 2 N–H and O–H groups in total. The summed E-state index contributed by atoms with van der Waals surface area (Å²) in [5.74, 6) is 0.633. The number of hydrogen-bond donors (Lipinski definition) is 1. The number of rotatable bonds is 8. The number of unbranched alkanes of at least 4 members (excludes halogenated alkanes) is 5. The highest BCUT2D eigenvalue weighted by Crippen LogP contribution is 2.11. The van der Waals surface area contributed by atoms with Crippen molar-refractivity contribution in [1.29, 1.82) is 0 Å². The lowest BCUT2D eigenvalue weighted by atomic mass is 10.1. The first-order valence-corrected chi connectivity index (χ1v) is 6.17. The summed E-state index contributed by atoms with van der Waals surface area (Å²) in [5.41, 5.74) is 6.33. The molecule has 90 valence electrons. The van der Waals surface area contributed by atoms with Crippen LogP contribution in [0, 0.1) is 0 Å². The molecule has 0 fully saturated rings. The highest BCUT2D eigenvalue weighted by atomic mass is 16.5. The van der Waals surface area contributed by atoms with Gasteiger partial charge in [0.2, 0.25) is 5.88 Å². The largest absolute Gasteiger partial charge is 0.478 e. The molecule has 0 aliphatic heterocycles. The van der Waals surface area contributed by atoms with E-state index in [0.29, 0.717) is 11.6 Å². The summed E-state index contributed by atoms with van der Waals surface area (Å²) in [4.78, 5) is 4.08. The van der Waals surface area contributed by atoms with Crippen LogP contribution in [0.2, 0.25) is 0 Å². The topological polar surface area (TPSA) is 48.1 Å². The summed E-state index contributed by atoms with van der Waals surface area (Å²) in [6.45, 7) is 2.97. The van der Waals surface area contributed by atoms with Crippen LogP contribution in [0.25, 0.3) is 0 Å². The van der Waals surface area contributed by atoms with Gasteiger partial charge in [0.25, 0.3) is 0 Å². The molecule has 0 aliphatic carbocycles. The number of pyridine rings is 1. The van der Waals surface area contributed by atoms with Gasteiger partial charge in [-0.25, -0.2) is 4.98 Å². The molecule has 16 heavy (non-hydrogen) atoms. The molecule has 0 aromatic carbocycles. The average Bonchev–Trinajstić information content (AvgIpc) is 2.28. The van der Waals surface area contributed by atoms with Gasteiger partial charge in [-0.1, -0.05) is 39.0 Å². The van der Waals surface area contributed by atoms with Crippen LogP contribution in [0.5, 0.6) is 5.88 Å². The number of anilines is 1. The number of aromatic nitrogens is 1. The maximum atomic E-state index is 5.62. The van der Waals surface area contributed by atoms with Crippen LogP contribution in [-0.2, 0) is 0 Å². The van der Waals surface area contributed by atoms with Crippen molar-refractivity contribution >= 4 is 5.69 Å². The van der Waals surface area contributed by atoms with E-state index in [2.05, 4.69) is 11.9 Å². The van der Waals surface area contributed by atoms with Gasteiger partial charge in [-0.3, -0.25) is 0 Å². The minimum atomic E-state index is 0.633. The molecule has 0 radical (unpaired) electrons. The molecule has 0 saturated carbocycles. The molecule has 0 atom stereocenters. The minimum Gasteiger partial charge on any atom is -0.478 e. The fraction of sp³-hybridized carbons (Fsp3) is 0.615. The maximum absolute atomic E-state index is 5.62. The second kappa shape index (κ2) is 7.97. The van der Waals surface area contributed by atoms with E-state index in [-0.39, 0.29) is 0 Å². The number of hydrogen-bond acceptors (Lipinski definition) is 3. The van der Waals surface area contributed by atoms with E-state index in [1.807, 2.05) is 0 Å². The molecular weight excluding hydrogens is 200 g/mol. The number of nitrogens with zero attached hydrogens (tertiary/aromatic N) is 1. The summed E-state index contributed by atoms with van der Waals surface area (Å²) < 4.78 is 5.50. The fourth-order valence-electron chi connectivity index (χ4n) is 1.56. The molecular formula is C13H22N2O. The van der Waals surface area contributed by atoms with Crippen LogP contribution < -0.4 is 10.5 Å². The van der Waals surface area contributed by atoms with Crippen molar-refractivity contribution in [2.75, 3.05) is 12.3 Å². The maximum Gasteiger partial charge on any atom is 0.215 e. The van der Waals surface area contributed by atoms with Gasteiger partial charge in [0.1, 0.15) is 0 Å². The molecule has 1 rings (SSSR count). The Bertz CT molecular complexity index is 289. The lowest BCUT2D eigenvalue weighted by Crippen LogP contribution is -1.99. The second-order valence-corrected chi connectivity index (χ2v) is 4.04. The summed E-state index contributed by atoms with van der Waals surface area (Å²) in [6.07, 6.45) is 9.30. The van der Waals surface area contributed by atoms with Crippen molar-refractivity contribution in [1.82, 2.24) is 4.98 Å². The quantitative estimate of drug-likeness (QED) is 0.686. The van der Waals surface area contributed by atoms with Crippen molar-refractivity contribution < 1.29 is 4.74 Å². The molecule has 0 saturated heterocycles. The van der Waals surface area contributed by atoms with E-state index in [1.165, 1.54) is 32.1 Å². The van der Waals surface area contributed by atoms with Crippen molar-refractivity contribution in [3.8, 4) is 5.88 Å². The zero-order valence-electron chi connectivity index (χ0n) is 10.1. The van der Waals surface area contributed by atoms with Crippen LogP contribution in [-0.4, -0.2) is 11.6 Å². The van der Waals surface area contributed by atoms with E-state index >= 15 is 0 Å². The summed E-state index contributed by atoms with van der Waals surface area (Å²) in [5, 5.41) is 0. The molecule has 0 amide bonds. The van der Waals surface area contributed by atoms with Gasteiger partial charge in [-0.2, -0.15) is 0 Å². The zero-order chi connectivity index (χ0) is 11.6. The Hall–Kier alpha value is -1.25. The lowest BCUT2D eigenvalue weighted by Gasteiger charge is -2.05. The van der Waals surface area contributed by atoms with Gasteiger partial charge in [0.05, 0.1) is 6.61 Å². The third-order valence-electron chi connectivity index (χ3n) is 2.51. The van der Waals surface area contributed by atoms with Crippen LogP contribution in [0.15, 0.2) is 18.3 Å². The lowest BCUT2D eigenvalue weighted by molar-refractivity contribution is 0.293. The van der Waals surface area contributed by atoms with E-state index in [1.54, 1.807) is 18.3 Å². The van der Waals surface area contributed by atoms with Crippen molar-refractivity contribution in [3.05, 3.63) is 18.3 Å². The number of ether oxygens (including phenoxy) is 1. The molecule has 0 spiro atoms. The Morgan fingerprint density at radius 1 is 1.19 bits per heavy atom. The molecule has 3 heteroatoms. The Kier molecular flexibility index (Phi) is 6.38. The first-order chi connectivity index (χ1) is 7.83. The third-order valence-corrected chi connectivity index (χ3v) is 2.51. The summed E-state index contributed by atoms with van der Waals surface area (Å²) in [6, 6.07) is 3.52. The van der Waals surface area contributed by atoms with E-state index in [9.17, 15) is 0 Å². The first kappa shape index (κ1) is 12.8. The van der Waals surface area contributed by atoms with Crippen LogP contribution in [0.3, 0.4) is 0 Å². The molecule has 1 aromatic heterocycles. The molecule has 0 aliphatic rings. The zero-order valence-corrected chi connectivity index (χ0v) is 10.1. The molecule has 0 bridgehead atoms. The van der Waals surface area contributed by atoms with Gasteiger partial charge in [-0.15, -0.1) is 0 Å². The third kappa shape index (κ3) is 5.59. The average molecular weight is 222 g/mol. The van der Waals surface area contributed by atoms with Gasteiger partial charge in [-0.05, 0) is 12.5 Å². The Labute approximate surface area is 98.0 Å². The van der Waals surface area contributed by atoms with E-state index < -0.39 is 0 Å². The van der Waals surface area contributed by atoms with Crippen molar-refractivity contribution in [2.45, 2.75) is 45.4 Å². The Morgan fingerprint density at radius 3 is 2.69 bits per heavy atom. The van der Waals surface area contributed by atoms with Crippen LogP contribution >= 0.6 is 0 Å². The smallest absolute Gasteiger partial charge is 0.215 e. The van der Waals surface area contributed by atoms with Gasteiger partial charge >= 0.3 is 0 Å². The standard InChI is InChI=1S/C13H22N2O/c1-2-3-4-5-6-7-10-16-13-11-12(14)8-9-15-13/h8-9,11H,2-7,10H2,1H3,(H2,14,15). The van der Waals surface area contributed by atoms with Crippen LogP contribution in [0.1, 0.15) is 45.4 Å². The van der Waals surface area contributed by atoms with Crippen molar-refractivity contribution in [3.63, 3.8) is 0 Å². The van der Waals surface area contributed by atoms with E-state index in [0.717, 1.165) is 13.0 Å². The Morgan fingerprint density at radius 2 is 1.94 bits per heavy atom. The first-order valence-electron chi connectivity index (χ1n) is 6.17. The SMILES string of the molecule is CCCCCCCCOc1cc(N)ccn1. The monoisotopic (exact) mass is 222 g/mol. The van der Waals surface area contributed by atoms with Crippen LogP contribution in [0.4, 0.5) is 5.69 Å². The predicted molar refractivity (Wildman–Crippen MR) is 67.5 cm³/mol. The van der Waals surface area contributed by atoms with Gasteiger partial charge in [0.15, 0.2) is 0 Å². The van der Waals surface area contributed by atoms with E-state index in [4.69, 9.17) is 10.5 Å². The Balaban J connectivity index is 2.03. The molecule has 3 nitrogen and oxygen atoms in total. The molecule has 0 unspecified atom stereocenters. The van der Waals surface area contributed by atoms with Gasteiger partial charge < -0.3 is 10.5 Å². The second-order valence-electron chi connectivity index (χ2n) is 4.04. The van der Waals surface area contributed by atoms with Crippen molar-refractivity contribution in [2.24, 2.45) is 0 Å². The highest BCUT2D eigenvalue weighted by molar-refractivity contribution is 5.39. The fourth-order valence-corrected chi connectivity index (χ4v) is 1.56. The molecule has 1 aromatic rings. The number of nitrogens with two attached hydrogens (primary N) is 1. The highest BCUT2D eigenvalue weighted by Gasteiger charge is 1.95. The normalized spacial score (nSPS) is 10.3. The molecule has 1 heterocycles. The number of nitrogen functional groups attached to an aromatic ring is 1. The summed E-state index contributed by atoms with van der Waals surface area (Å²) in [7, 11) is 0. The predicted octanol–water partition coefficient (Wildman–Crippen LogP) is 3.40. The summed E-state index contributed by atoms with van der Waals surface area (Å²) >= 11 is 0. The van der Waals surface area contributed by atoms with Gasteiger partial charge in [0, 0.05) is 18.0 Å².